The van der Waals surface area contributed by atoms with Crippen molar-refractivity contribution in [2.75, 3.05) is 13.1 Å². The second-order valence-electron chi connectivity index (χ2n) is 5.07. The molecule has 2 heterocycles. The first kappa shape index (κ1) is 13.5. The van der Waals surface area contributed by atoms with Gasteiger partial charge in [0.25, 0.3) is 5.91 Å². The number of likely N-dealkylation sites (tertiary alicyclic amines) is 1. The van der Waals surface area contributed by atoms with E-state index in [9.17, 15) is 14.9 Å². The minimum absolute atomic E-state index is 0.0343. The van der Waals surface area contributed by atoms with Gasteiger partial charge >= 0.3 is 5.82 Å². The average Bonchev–Trinajstić information content (AvgIpc) is 2.74. The average molecular weight is 266 g/mol. The van der Waals surface area contributed by atoms with Gasteiger partial charge in [0.2, 0.25) is 0 Å². The van der Waals surface area contributed by atoms with Crippen LogP contribution in [0, 0.1) is 16.0 Å². The third-order valence-corrected chi connectivity index (χ3v) is 3.81. The van der Waals surface area contributed by atoms with E-state index in [4.69, 9.17) is 5.73 Å². The van der Waals surface area contributed by atoms with E-state index in [0.29, 0.717) is 24.7 Å². The van der Waals surface area contributed by atoms with Gasteiger partial charge in [0.1, 0.15) is 0 Å². The van der Waals surface area contributed by atoms with E-state index in [0.717, 1.165) is 6.42 Å². The highest BCUT2D eigenvalue weighted by Crippen LogP contribution is 2.20. The number of nitrogens with zero attached hydrogens (tertiary/aromatic N) is 3. The molecule has 0 bridgehead atoms. The highest BCUT2D eigenvalue weighted by Gasteiger charge is 2.30. The number of hydrogen-bond acceptors (Lipinski definition) is 4. The van der Waals surface area contributed by atoms with E-state index < -0.39 is 4.92 Å². The largest absolute Gasteiger partial charge is 0.358 e. The van der Waals surface area contributed by atoms with E-state index in [2.05, 4.69) is 6.92 Å². The number of nitrogens with two attached hydrogens (primary N) is 1. The molecule has 19 heavy (non-hydrogen) atoms. The molecule has 1 aliphatic rings. The third kappa shape index (κ3) is 2.46. The van der Waals surface area contributed by atoms with Crippen LogP contribution >= 0.6 is 0 Å². The number of carbonyl (C=O) groups excluding carboxylic acids is 1. The van der Waals surface area contributed by atoms with E-state index >= 15 is 0 Å². The number of hydrogen-bond donors (Lipinski definition) is 1. The van der Waals surface area contributed by atoms with Gasteiger partial charge in [0.15, 0.2) is 5.69 Å². The summed E-state index contributed by atoms with van der Waals surface area (Å²) in [5.41, 5.74) is 6.29. The summed E-state index contributed by atoms with van der Waals surface area (Å²) in [6, 6.07) is 2.80. The summed E-state index contributed by atoms with van der Waals surface area (Å²) >= 11 is 0. The molecule has 1 aliphatic heterocycles. The fraction of sp³-hybridized carbons (Fsp3) is 0.583. The molecular weight excluding hydrogens is 248 g/mol. The first-order chi connectivity index (χ1) is 8.91. The molecule has 1 amide bonds. The van der Waals surface area contributed by atoms with Crippen molar-refractivity contribution in [2.24, 2.45) is 18.7 Å². The Bertz CT molecular complexity index is 511. The van der Waals surface area contributed by atoms with Crippen LogP contribution in [-0.2, 0) is 7.05 Å². The molecule has 0 radical (unpaired) electrons. The Morgan fingerprint density at radius 1 is 1.53 bits per heavy atom. The van der Waals surface area contributed by atoms with E-state index in [-0.39, 0.29) is 17.8 Å². The number of aromatic nitrogens is 1. The van der Waals surface area contributed by atoms with Gasteiger partial charge in [-0.2, -0.15) is 0 Å². The zero-order valence-electron chi connectivity index (χ0n) is 11.1. The van der Waals surface area contributed by atoms with Gasteiger partial charge in [-0.05, 0) is 23.3 Å². The van der Waals surface area contributed by atoms with Crippen LogP contribution in [0.4, 0.5) is 5.82 Å². The SMILES string of the molecule is CC1CCN(C(=O)c2ccc([N+](=O)[O-])n2C)CC1N. The van der Waals surface area contributed by atoms with Gasteiger partial charge < -0.3 is 20.7 Å². The molecule has 104 valence electrons. The van der Waals surface area contributed by atoms with Crippen LogP contribution in [-0.4, -0.2) is 39.4 Å². The highest BCUT2D eigenvalue weighted by atomic mass is 16.6. The second-order valence-corrected chi connectivity index (χ2v) is 5.07. The molecule has 1 aromatic heterocycles. The first-order valence-corrected chi connectivity index (χ1v) is 6.26. The predicted molar refractivity (Wildman–Crippen MR) is 69.7 cm³/mol. The minimum Gasteiger partial charge on any atom is -0.358 e. The fourth-order valence-electron chi connectivity index (χ4n) is 2.34. The molecule has 1 aromatic rings. The van der Waals surface area contributed by atoms with Crippen LogP contribution in [0.15, 0.2) is 12.1 Å². The van der Waals surface area contributed by atoms with Crippen LogP contribution in [0.5, 0.6) is 0 Å². The molecule has 2 N–H and O–H groups in total. The topological polar surface area (TPSA) is 94.4 Å². The number of amides is 1. The van der Waals surface area contributed by atoms with E-state index in [1.54, 1.807) is 4.90 Å². The number of nitro groups is 1. The van der Waals surface area contributed by atoms with E-state index in [1.165, 1.54) is 23.7 Å². The second kappa shape index (κ2) is 5.00. The zero-order valence-corrected chi connectivity index (χ0v) is 11.1. The standard InChI is InChI=1S/C12H18N4O3/c1-8-5-6-15(7-9(8)13)12(17)10-3-4-11(14(10)2)16(18)19/h3-4,8-9H,5-7,13H2,1-2H3. The Morgan fingerprint density at radius 3 is 2.74 bits per heavy atom. The lowest BCUT2D eigenvalue weighted by atomic mass is 9.94. The number of piperidine rings is 1. The van der Waals surface area contributed by atoms with Crippen molar-refractivity contribution in [3.63, 3.8) is 0 Å². The molecule has 2 rings (SSSR count). The van der Waals surface area contributed by atoms with Gasteiger partial charge in [0, 0.05) is 25.2 Å². The minimum atomic E-state index is -0.499. The third-order valence-electron chi connectivity index (χ3n) is 3.81. The Morgan fingerprint density at radius 2 is 2.21 bits per heavy atom. The maximum Gasteiger partial charge on any atom is 0.323 e. The Labute approximate surface area is 111 Å². The van der Waals surface area contributed by atoms with Crippen LogP contribution in [0.25, 0.3) is 0 Å². The molecule has 1 fully saturated rings. The van der Waals surface area contributed by atoms with Crippen molar-refractivity contribution in [2.45, 2.75) is 19.4 Å². The Kier molecular flexibility index (Phi) is 3.57. The molecule has 2 unspecified atom stereocenters. The lowest BCUT2D eigenvalue weighted by Gasteiger charge is -2.34. The molecule has 0 saturated carbocycles. The summed E-state index contributed by atoms with van der Waals surface area (Å²) in [7, 11) is 1.53. The molecule has 0 aromatic carbocycles. The van der Waals surface area contributed by atoms with E-state index in [1.807, 2.05) is 0 Å². The van der Waals surface area contributed by atoms with Gasteiger partial charge in [-0.15, -0.1) is 0 Å². The predicted octanol–water partition coefficient (Wildman–Crippen LogP) is 0.743. The van der Waals surface area contributed by atoms with Crippen LogP contribution in [0.2, 0.25) is 0 Å². The summed E-state index contributed by atoms with van der Waals surface area (Å²) in [6.45, 7) is 3.21. The van der Waals surface area contributed by atoms with Crippen molar-refractivity contribution in [1.82, 2.24) is 9.47 Å². The van der Waals surface area contributed by atoms with Crippen molar-refractivity contribution in [3.05, 3.63) is 27.9 Å². The molecule has 1 saturated heterocycles. The summed E-state index contributed by atoms with van der Waals surface area (Å²) in [5.74, 6) is 0.114. The van der Waals surface area contributed by atoms with Gasteiger partial charge in [-0.3, -0.25) is 4.79 Å². The Balaban J connectivity index is 2.18. The van der Waals surface area contributed by atoms with Crippen molar-refractivity contribution < 1.29 is 9.72 Å². The van der Waals surface area contributed by atoms with Crippen molar-refractivity contribution >= 4 is 11.7 Å². The fourth-order valence-corrected chi connectivity index (χ4v) is 2.34. The summed E-state index contributed by atoms with van der Waals surface area (Å²) in [6.07, 6.45) is 0.861. The molecule has 0 aliphatic carbocycles. The first-order valence-electron chi connectivity index (χ1n) is 6.26. The number of rotatable bonds is 2. The highest BCUT2D eigenvalue weighted by molar-refractivity contribution is 5.93. The van der Waals surface area contributed by atoms with Crippen molar-refractivity contribution in [1.29, 1.82) is 0 Å². The molecule has 0 spiro atoms. The maximum absolute atomic E-state index is 12.3. The monoisotopic (exact) mass is 266 g/mol. The summed E-state index contributed by atoms with van der Waals surface area (Å²) in [5, 5.41) is 10.8. The molecule has 7 heteroatoms. The Hall–Kier alpha value is -1.89. The summed E-state index contributed by atoms with van der Waals surface area (Å²) in [4.78, 5) is 24.3. The summed E-state index contributed by atoms with van der Waals surface area (Å²) < 4.78 is 1.31. The van der Waals surface area contributed by atoms with Crippen LogP contribution in [0.3, 0.4) is 0 Å². The van der Waals surface area contributed by atoms with Gasteiger partial charge in [0.05, 0.1) is 7.05 Å². The van der Waals surface area contributed by atoms with Crippen molar-refractivity contribution in [3.8, 4) is 0 Å². The normalized spacial score (nSPS) is 23.4. The smallest absolute Gasteiger partial charge is 0.323 e. The molecular formula is C12H18N4O3. The maximum atomic E-state index is 12.3. The lowest BCUT2D eigenvalue weighted by molar-refractivity contribution is -0.391. The van der Waals surface area contributed by atoms with Crippen LogP contribution in [0.1, 0.15) is 23.8 Å². The van der Waals surface area contributed by atoms with Crippen LogP contribution < -0.4 is 5.73 Å². The molecule has 7 nitrogen and oxygen atoms in total. The molecule has 2 atom stereocenters. The quantitative estimate of drug-likeness (QED) is 0.631. The van der Waals surface area contributed by atoms with Gasteiger partial charge in [-0.25, -0.2) is 4.57 Å². The zero-order chi connectivity index (χ0) is 14.2. The van der Waals surface area contributed by atoms with Gasteiger partial charge in [-0.1, -0.05) is 6.92 Å². The number of carbonyl (C=O) groups is 1. The lowest BCUT2D eigenvalue weighted by Crippen LogP contribution is -2.50.